The number of nitrogens with one attached hydrogen (secondary N) is 1. The number of allylic oxidation sites excluding steroid dienone is 3. The first-order valence-corrected chi connectivity index (χ1v) is 8.55. The molecule has 5 nitrogen and oxygen atoms in total. The van der Waals surface area contributed by atoms with Crippen LogP contribution >= 0.6 is 11.6 Å². The van der Waals surface area contributed by atoms with Crippen molar-refractivity contribution in [3.63, 3.8) is 0 Å². The first-order valence-electron chi connectivity index (χ1n) is 8.17. The molecule has 1 aromatic rings. The maximum absolute atomic E-state index is 12.9. The molecule has 0 saturated heterocycles. The van der Waals surface area contributed by atoms with E-state index in [2.05, 4.69) is 24.1 Å². The topological polar surface area (TPSA) is 68.3 Å². The number of pyridine rings is 1. The van der Waals surface area contributed by atoms with Crippen molar-refractivity contribution in [2.75, 3.05) is 7.11 Å². The van der Waals surface area contributed by atoms with E-state index >= 15 is 0 Å². The number of carbonyl (C=O) groups excluding carboxylic acids is 2. The van der Waals surface area contributed by atoms with Crippen LogP contribution in [0.2, 0.25) is 5.15 Å². The van der Waals surface area contributed by atoms with Crippen molar-refractivity contribution >= 4 is 23.4 Å². The van der Waals surface area contributed by atoms with Gasteiger partial charge in [0.25, 0.3) is 0 Å². The molecule has 0 amide bonds. The van der Waals surface area contributed by atoms with Gasteiger partial charge in [0.05, 0.1) is 12.7 Å². The van der Waals surface area contributed by atoms with E-state index in [1.165, 1.54) is 7.11 Å². The number of esters is 1. The Bertz CT molecular complexity index is 806. The van der Waals surface area contributed by atoms with E-state index in [0.717, 1.165) is 17.7 Å². The van der Waals surface area contributed by atoms with Crippen molar-refractivity contribution in [3.8, 4) is 0 Å². The van der Waals surface area contributed by atoms with E-state index in [-0.39, 0.29) is 11.2 Å². The summed E-state index contributed by atoms with van der Waals surface area (Å²) in [5.74, 6) is -0.890. The molecule has 2 heterocycles. The van der Waals surface area contributed by atoms with Gasteiger partial charge in [-0.25, -0.2) is 9.78 Å². The van der Waals surface area contributed by atoms with E-state index in [4.69, 9.17) is 16.3 Å². The van der Waals surface area contributed by atoms with E-state index in [1.807, 2.05) is 6.92 Å². The largest absolute Gasteiger partial charge is 0.466 e. The van der Waals surface area contributed by atoms with Crippen LogP contribution in [0.25, 0.3) is 0 Å². The van der Waals surface area contributed by atoms with Crippen LogP contribution in [0, 0.1) is 5.41 Å². The third kappa shape index (κ3) is 3.21. The number of aromatic nitrogens is 1. The van der Waals surface area contributed by atoms with Gasteiger partial charge >= 0.3 is 5.97 Å². The van der Waals surface area contributed by atoms with Crippen LogP contribution in [0.4, 0.5) is 0 Å². The molecule has 0 unspecified atom stereocenters. The number of Topliss-reactive ketones (excluding diaryl/α,β-unsaturated/α-hetero) is 1. The standard InChI is InChI=1S/C19H21ClN2O3/c1-10-15(18(24)25-4)16(11-5-6-14(20)21-9-11)17-12(22-10)7-19(2,3)8-13(17)23/h5-6,9,16,22H,7-8H2,1-4H3/t16-/m1/s1. The quantitative estimate of drug-likeness (QED) is 0.645. The van der Waals surface area contributed by atoms with Crippen LogP contribution in [0.5, 0.6) is 0 Å². The third-order valence-corrected chi connectivity index (χ3v) is 4.95. The molecule has 0 saturated carbocycles. The predicted octanol–water partition coefficient (Wildman–Crippen LogP) is 3.51. The van der Waals surface area contributed by atoms with Gasteiger partial charge in [0.15, 0.2) is 5.78 Å². The zero-order valence-electron chi connectivity index (χ0n) is 14.8. The lowest BCUT2D eigenvalue weighted by Crippen LogP contribution is -2.38. The van der Waals surface area contributed by atoms with Gasteiger partial charge in [0, 0.05) is 35.5 Å². The number of hydrogen-bond acceptors (Lipinski definition) is 5. The average Bonchev–Trinajstić information content (AvgIpc) is 2.52. The summed E-state index contributed by atoms with van der Waals surface area (Å²) in [6, 6.07) is 3.47. The van der Waals surface area contributed by atoms with Gasteiger partial charge in [0.1, 0.15) is 5.15 Å². The first-order chi connectivity index (χ1) is 11.7. The molecule has 1 aliphatic carbocycles. The second-order valence-corrected chi connectivity index (χ2v) is 7.72. The van der Waals surface area contributed by atoms with Crippen molar-refractivity contribution < 1.29 is 14.3 Å². The van der Waals surface area contributed by atoms with Crippen molar-refractivity contribution in [1.29, 1.82) is 0 Å². The second-order valence-electron chi connectivity index (χ2n) is 7.34. The molecule has 1 atom stereocenters. The zero-order chi connectivity index (χ0) is 18.4. The van der Waals surface area contributed by atoms with Crippen molar-refractivity contribution in [3.05, 3.63) is 51.6 Å². The minimum atomic E-state index is -0.489. The summed E-state index contributed by atoms with van der Waals surface area (Å²) in [7, 11) is 1.34. The van der Waals surface area contributed by atoms with Crippen molar-refractivity contribution in [1.82, 2.24) is 10.3 Å². The molecule has 1 aromatic heterocycles. The van der Waals surface area contributed by atoms with Crippen LogP contribution in [0.1, 0.15) is 45.1 Å². The molecule has 132 valence electrons. The lowest BCUT2D eigenvalue weighted by atomic mass is 9.69. The zero-order valence-corrected chi connectivity index (χ0v) is 15.5. The highest BCUT2D eigenvalue weighted by atomic mass is 35.5. The fraction of sp³-hybridized carbons (Fsp3) is 0.421. The van der Waals surface area contributed by atoms with Crippen molar-refractivity contribution in [2.45, 2.75) is 39.5 Å². The Balaban J connectivity index is 2.19. The molecule has 0 spiro atoms. The fourth-order valence-electron chi connectivity index (χ4n) is 3.71. The van der Waals surface area contributed by atoms with Gasteiger partial charge in [-0.3, -0.25) is 4.79 Å². The average molecular weight is 361 g/mol. The molecule has 1 N–H and O–H groups in total. The third-order valence-electron chi connectivity index (χ3n) is 4.73. The SMILES string of the molecule is COC(=O)C1=C(C)NC2=C(C(=O)CC(C)(C)C2)[C@@H]1c1ccc(Cl)nc1. The molecular weight excluding hydrogens is 340 g/mol. The number of ether oxygens (including phenoxy) is 1. The Kier molecular flexibility index (Phi) is 4.45. The van der Waals surface area contributed by atoms with E-state index in [0.29, 0.717) is 28.4 Å². The number of ketones is 1. The molecule has 0 radical (unpaired) electrons. The maximum atomic E-state index is 12.9. The van der Waals surface area contributed by atoms with E-state index in [1.54, 1.807) is 18.3 Å². The molecule has 3 rings (SSSR count). The highest BCUT2D eigenvalue weighted by Crippen LogP contribution is 2.46. The molecule has 6 heteroatoms. The number of methoxy groups -OCH3 is 1. The Morgan fingerprint density at radius 3 is 2.68 bits per heavy atom. The maximum Gasteiger partial charge on any atom is 0.336 e. The lowest BCUT2D eigenvalue weighted by molar-refractivity contribution is -0.136. The summed E-state index contributed by atoms with van der Waals surface area (Å²) in [5, 5.41) is 3.64. The highest BCUT2D eigenvalue weighted by molar-refractivity contribution is 6.29. The minimum Gasteiger partial charge on any atom is -0.466 e. The monoisotopic (exact) mass is 360 g/mol. The smallest absolute Gasteiger partial charge is 0.336 e. The molecular formula is C19H21ClN2O3. The van der Waals surface area contributed by atoms with Gasteiger partial charge < -0.3 is 10.1 Å². The number of rotatable bonds is 2. The summed E-state index contributed by atoms with van der Waals surface area (Å²) in [6.07, 6.45) is 2.81. The van der Waals surface area contributed by atoms with E-state index < -0.39 is 11.9 Å². The predicted molar refractivity (Wildman–Crippen MR) is 94.9 cm³/mol. The highest BCUT2D eigenvalue weighted by Gasteiger charge is 2.43. The number of halogens is 1. The summed E-state index contributed by atoms with van der Waals surface area (Å²) in [5.41, 5.74) is 3.30. The van der Waals surface area contributed by atoms with Crippen LogP contribution in [0.3, 0.4) is 0 Å². The molecule has 0 fully saturated rings. The molecule has 0 bridgehead atoms. The minimum absolute atomic E-state index is 0.0487. The first kappa shape index (κ1) is 17.7. The van der Waals surface area contributed by atoms with Gasteiger partial charge in [-0.1, -0.05) is 31.5 Å². The van der Waals surface area contributed by atoms with Gasteiger partial charge in [-0.2, -0.15) is 0 Å². The fourth-order valence-corrected chi connectivity index (χ4v) is 3.82. The molecule has 25 heavy (non-hydrogen) atoms. The van der Waals surface area contributed by atoms with Crippen LogP contribution in [0.15, 0.2) is 40.9 Å². The Morgan fingerprint density at radius 1 is 1.36 bits per heavy atom. The van der Waals surface area contributed by atoms with Crippen LogP contribution < -0.4 is 5.32 Å². The number of carbonyl (C=O) groups is 2. The Labute approximate surface area is 152 Å². The van der Waals surface area contributed by atoms with Gasteiger partial charge in [-0.15, -0.1) is 0 Å². The summed E-state index contributed by atoms with van der Waals surface area (Å²) in [4.78, 5) is 29.5. The summed E-state index contributed by atoms with van der Waals surface area (Å²) >= 11 is 5.90. The number of hydrogen-bond donors (Lipinski definition) is 1. The van der Waals surface area contributed by atoms with Crippen molar-refractivity contribution in [2.24, 2.45) is 5.41 Å². The lowest BCUT2D eigenvalue weighted by Gasteiger charge is -2.39. The van der Waals surface area contributed by atoms with Gasteiger partial charge in [0.2, 0.25) is 0 Å². The molecule has 0 aromatic carbocycles. The summed E-state index contributed by atoms with van der Waals surface area (Å²) < 4.78 is 4.97. The van der Waals surface area contributed by atoms with E-state index in [9.17, 15) is 9.59 Å². The van der Waals surface area contributed by atoms with Gasteiger partial charge in [-0.05, 0) is 30.4 Å². The molecule has 1 aliphatic heterocycles. The normalized spacial score (nSPS) is 22.4. The summed E-state index contributed by atoms with van der Waals surface area (Å²) in [6.45, 7) is 5.98. The second kappa shape index (κ2) is 6.30. The Hall–Kier alpha value is -2.14. The van der Waals surface area contributed by atoms with Crippen LogP contribution in [-0.4, -0.2) is 23.8 Å². The Morgan fingerprint density at radius 2 is 2.08 bits per heavy atom. The van der Waals surface area contributed by atoms with Crippen LogP contribution in [-0.2, 0) is 14.3 Å². The molecule has 2 aliphatic rings. The number of dihydropyridines is 1. The number of nitrogens with zero attached hydrogens (tertiary/aromatic N) is 1.